The zero-order valence-corrected chi connectivity index (χ0v) is 16.0. The molecule has 0 aliphatic carbocycles. The Kier molecular flexibility index (Phi) is 4.81. The van der Waals surface area contributed by atoms with Crippen molar-refractivity contribution < 1.29 is 13.9 Å². The molecule has 0 radical (unpaired) electrons. The highest BCUT2D eigenvalue weighted by Crippen LogP contribution is 2.40. The molecule has 1 amide bonds. The molecule has 0 bridgehead atoms. The Morgan fingerprint density at radius 2 is 2.04 bits per heavy atom. The van der Waals surface area contributed by atoms with Crippen molar-refractivity contribution in [3.8, 4) is 0 Å². The second-order valence-corrected chi connectivity index (χ2v) is 7.66. The molecule has 0 saturated heterocycles. The molecule has 1 aromatic carbocycles. The molecule has 0 atom stereocenters. The maximum Gasteiger partial charge on any atom is 0.407 e. The summed E-state index contributed by atoms with van der Waals surface area (Å²) in [5, 5.41) is 3.76. The lowest BCUT2D eigenvalue weighted by Crippen LogP contribution is -2.34. The maximum atomic E-state index is 12.2. The van der Waals surface area contributed by atoms with Crippen molar-refractivity contribution in [2.75, 3.05) is 24.5 Å². The molecule has 0 saturated carbocycles. The van der Waals surface area contributed by atoms with E-state index in [-0.39, 0.29) is 11.7 Å². The summed E-state index contributed by atoms with van der Waals surface area (Å²) in [4.78, 5) is 26.3. The van der Waals surface area contributed by atoms with E-state index < -0.39 is 6.09 Å². The Bertz CT molecular complexity index is 930. The normalized spacial score (nSPS) is 15.7. The van der Waals surface area contributed by atoms with Crippen molar-refractivity contribution in [3.63, 3.8) is 0 Å². The minimum atomic E-state index is -0.430. The van der Waals surface area contributed by atoms with Crippen LogP contribution in [0.5, 0.6) is 0 Å². The average Bonchev–Trinajstić information content (AvgIpc) is 2.62. The Hall–Kier alpha value is -2.50. The molecular weight excluding hydrogens is 344 g/mol. The molecule has 1 N–H and O–H groups in total. The SMILES string of the molecule is CC(C)OC(=O)NCCc1cc(=O)oc2c3c4c(cc12)CCCN4CCC3. The van der Waals surface area contributed by atoms with Gasteiger partial charge in [0.05, 0.1) is 6.10 Å². The number of benzene rings is 1. The summed E-state index contributed by atoms with van der Waals surface area (Å²) in [6.07, 6.45) is 4.23. The van der Waals surface area contributed by atoms with Crippen molar-refractivity contribution in [2.45, 2.75) is 52.1 Å². The molecule has 6 nitrogen and oxygen atoms in total. The second kappa shape index (κ2) is 7.25. The number of carbonyl (C=O) groups is 1. The summed E-state index contributed by atoms with van der Waals surface area (Å²) in [6.45, 7) is 6.21. The van der Waals surface area contributed by atoms with Crippen LogP contribution in [0.3, 0.4) is 0 Å². The quantitative estimate of drug-likeness (QED) is 0.837. The first-order chi connectivity index (χ1) is 13.0. The van der Waals surface area contributed by atoms with Gasteiger partial charge in [0.2, 0.25) is 0 Å². The minimum Gasteiger partial charge on any atom is -0.447 e. The van der Waals surface area contributed by atoms with Gasteiger partial charge in [-0.1, -0.05) is 0 Å². The van der Waals surface area contributed by atoms with Gasteiger partial charge >= 0.3 is 11.7 Å². The molecule has 1 aromatic heterocycles. The van der Waals surface area contributed by atoms with E-state index in [1.54, 1.807) is 6.07 Å². The van der Waals surface area contributed by atoms with Crippen LogP contribution in [0.4, 0.5) is 10.5 Å². The van der Waals surface area contributed by atoms with Crippen LogP contribution in [-0.2, 0) is 24.0 Å². The highest BCUT2D eigenvalue weighted by Gasteiger charge is 2.27. The lowest BCUT2D eigenvalue weighted by atomic mass is 9.89. The largest absolute Gasteiger partial charge is 0.447 e. The number of anilines is 1. The number of fused-ring (bicyclic) bond motifs is 2. The molecule has 0 fully saturated rings. The molecule has 2 aliphatic heterocycles. The molecule has 27 heavy (non-hydrogen) atoms. The predicted molar refractivity (Wildman–Crippen MR) is 105 cm³/mol. The van der Waals surface area contributed by atoms with E-state index in [0.717, 1.165) is 55.3 Å². The van der Waals surface area contributed by atoms with E-state index in [4.69, 9.17) is 9.15 Å². The Balaban J connectivity index is 1.68. The number of rotatable bonds is 4. The minimum absolute atomic E-state index is 0.155. The van der Waals surface area contributed by atoms with E-state index in [0.29, 0.717) is 13.0 Å². The molecule has 0 spiro atoms. The summed E-state index contributed by atoms with van der Waals surface area (Å²) in [7, 11) is 0. The van der Waals surface area contributed by atoms with Crippen molar-refractivity contribution in [3.05, 3.63) is 39.2 Å². The van der Waals surface area contributed by atoms with Crippen molar-refractivity contribution in [2.24, 2.45) is 0 Å². The van der Waals surface area contributed by atoms with Gasteiger partial charge < -0.3 is 19.4 Å². The van der Waals surface area contributed by atoms with Crippen LogP contribution in [0, 0.1) is 0 Å². The van der Waals surface area contributed by atoms with Crippen molar-refractivity contribution in [1.29, 1.82) is 0 Å². The van der Waals surface area contributed by atoms with E-state index in [1.807, 2.05) is 13.8 Å². The predicted octanol–water partition coefficient (Wildman–Crippen LogP) is 3.17. The van der Waals surface area contributed by atoms with Crippen molar-refractivity contribution >= 4 is 22.7 Å². The van der Waals surface area contributed by atoms with Crippen LogP contribution >= 0.6 is 0 Å². The molecule has 2 aromatic rings. The number of aryl methyl sites for hydroxylation is 2. The number of amides is 1. The summed E-state index contributed by atoms with van der Waals surface area (Å²) in [5.74, 6) is 0. The molecule has 4 rings (SSSR count). The topological polar surface area (TPSA) is 71.8 Å². The van der Waals surface area contributed by atoms with Gasteiger partial charge in [-0.25, -0.2) is 9.59 Å². The van der Waals surface area contributed by atoms with Crippen LogP contribution < -0.4 is 15.8 Å². The average molecular weight is 370 g/mol. The summed E-state index contributed by atoms with van der Waals surface area (Å²) in [5.41, 5.74) is 5.15. The van der Waals surface area contributed by atoms with Crippen LogP contribution in [0.15, 0.2) is 21.3 Å². The number of nitrogens with zero attached hydrogens (tertiary/aromatic N) is 1. The molecule has 144 valence electrons. The Morgan fingerprint density at radius 3 is 2.81 bits per heavy atom. The number of carbonyl (C=O) groups excluding carboxylic acids is 1. The first kappa shape index (κ1) is 17.9. The zero-order chi connectivity index (χ0) is 19.0. The van der Waals surface area contributed by atoms with E-state index in [9.17, 15) is 9.59 Å². The first-order valence-electron chi connectivity index (χ1n) is 9.84. The number of hydrogen-bond donors (Lipinski definition) is 1. The first-order valence-corrected chi connectivity index (χ1v) is 9.84. The van der Waals surface area contributed by atoms with Crippen LogP contribution in [0.2, 0.25) is 0 Å². The fourth-order valence-electron chi connectivity index (χ4n) is 4.30. The smallest absolute Gasteiger partial charge is 0.407 e. The fraction of sp³-hybridized carbons (Fsp3) is 0.524. The molecule has 0 unspecified atom stereocenters. The van der Waals surface area contributed by atoms with Gasteiger partial charge in [0.1, 0.15) is 5.58 Å². The van der Waals surface area contributed by atoms with Gasteiger partial charge in [0.25, 0.3) is 0 Å². The monoisotopic (exact) mass is 370 g/mol. The summed E-state index contributed by atoms with van der Waals surface area (Å²) < 4.78 is 10.8. The van der Waals surface area contributed by atoms with Crippen LogP contribution in [0.1, 0.15) is 43.4 Å². The van der Waals surface area contributed by atoms with E-state index in [2.05, 4.69) is 16.3 Å². The highest BCUT2D eigenvalue weighted by molar-refractivity contribution is 5.90. The second-order valence-electron chi connectivity index (χ2n) is 7.66. The maximum absolute atomic E-state index is 12.2. The van der Waals surface area contributed by atoms with E-state index >= 15 is 0 Å². The van der Waals surface area contributed by atoms with Gasteiger partial charge in [0, 0.05) is 42.3 Å². The Labute approximate surface area is 158 Å². The van der Waals surface area contributed by atoms with Gasteiger partial charge in [-0.05, 0) is 63.1 Å². The number of ether oxygens (including phenoxy) is 1. The van der Waals surface area contributed by atoms with Crippen LogP contribution in [-0.4, -0.2) is 31.8 Å². The lowest BCUT2D eigenvalue weighted by Gasteiger charge is -2.37. The zero-order valence-electron chi connectivity index (χ0n) is 16.0. The van der Waals surface area contributed by atoms with Gasteiger partial charge in [0.15, 0.2) is 0 Å². The van der Waals surface area contributed by atoms with Gasteiger partial charge in [-0.15, -0.1) is 0 Å². The molecular formula is C21H26N2O4. The Morgan fingerprint density at radius 1 is 1.26 bits per heavy atom. The number of hydrogen-bond acceptors (Lipinski definition) is 5. The highest BCUT2D eigenvalue weighted by atomic mass is 16.6. The van der Waals surface area contributed by atoms with Crippen LogP contribution in [0.25, 0.3) is 11.0 Å². The molecule has 2 aliphatic rings. The standard InChI is InChI=1S/C21H26N2O4/c1-13(2)26-21(25)22-8-7-14-12-18(24)27-20-16-6-4-10-23-9-3-5-15(19(16)23)11-17(14)20/h11-13H,3-10H2,1-2H3,(H,22,25). The number of alkyl carbamates (subject to hydrolysis) is 1. The fourth-order valence-corrected chi connectivity index (χ4v) is 4.30. The summed E-state index contributed by atoms with van der Waals surface area (Å²) >= 11 is 0. The molecule has 3 heterocycles. The third kappa shape index (κ3) is 3.53. The van der Waals surface area contributed by atoms with Gasteiger partial charge in [-0.2, -0.15) is 0 Å². The lowest BCUT2D eigenvalue weighted by molar-refractivity contribution is 0.116. The van der Waals surface area contributed by atoms with Crippen molar-refractivity contribution in [1.82, 2.24) is 5.32 Å². The third-order valence-corrected chi connectivity index (χ3v) is 5.32. The van der Waals surface area contributed by atoms with Gasteiger partial charge in [-0.3, -0.25) is 0 Å². The number of nitrogens with one attached hydrogen (secondary N) is 1. The molecule has 6 heteroatoms. The third-order valence-electron chi connectivity index (χ3n) is 5.32. The summed E-state index contributed by atoms with van der Waals surface area (Å²) in [6, 6.07) is 3.75. The van der Waals surface area contributed by atoms with E-state index in [1.165, 1.54) is 16.8 Å².